The number of anilines is 2. The molecular weight excluding hydrogens is 372 g/mol. The number of aryl methyl sites for hydroxylation is 1. The number of hydrogen-bond donors (Lipinski definition) is 1. The molecule has 1 heterocycles. The first-order valence-electron chi connectivity index (χ1n) is 9.23. The van der Waals surface area contributed by atoms with Gasteiger partial charge in [-0.25, -0.2) is 0 Å². The highest BCUT2D eigenvalue weighted by Gasteiger charge is 2.12. The van der Waals surface area contributed by atoms with Crippen molar-refractivity contribution in [3.63, 3.8) is 0 Å². The van der Waals surface area contributed by atoms with Gasteiger partial charge in [-0.3, -0.25) is 9.36 Å². The summed E-state index contributed by atoms with van der Waals surface area (Å²) in [5, 5.41) is 12.1. The molecule has 1 aromatic heterocycles. The van der Waals surface area contributed by atoms with Gasteiger partial charge >= 0.3 is 0 Å². The summed E-state index contributed by atoms with van der Waals surface area (Å²) in [4.78, 5) is 12.8. The summed E-state index contributed by atoms with van der Waals surface area (Å²) in [5.74, 6) is 1.75. The second-order valence-corrected chi connectivity index (χ2v) is 7.14. The van der Waals surface area contributed by atoms with Crippen molar-refractivity contribution in [1.82, 2.24) is 14.8 Å². The third-order valence-electron chi connectivity index (χ3n) is 4.38. The first-order chi connectivity index (χ1) is 13.6. The zero-order valence-electron chi connectivity index (χ0n) is 16.3. The quantitative estimate of drug-likeness (QED) is 0.574. The highest BCUT2D eigenvalue weighted by atomic mass is 32.2. The Bertz CT molecular complexity index is 969. The predicted molar refractivity (Wildman–Crippen MR) is 114 cm³/mol. The van der Waals surface area contributed by atoms with Crippen molar-refractivity contribution < 1.29 is 4.74 Å². The molecule has 0 saturated carbocycles. The zero-order chi connectivity index (χ0) is 19.9. The van der Waals surface area contributed by atoms with Gasteiger partial charge in [0.15, 0.2) is 5.16 Å². The van der Waals surface area contributed by atoms with Crippen LogP contribution in [0.3, 0.4) is 0 Å². The molecule has 0 fully saturated rings. The zero-order valence-corrected chi connectivity index (χ0v) is 17.1. The first-order valence-corrected chi connectivity index (χ1v) is 10.2. The van der Waals surface area contributed by atoms with Crippen LogP contribution in [0.25, 0.3) is 0 Å². The second kappa shape index (κ2) is 9.41. The summed E-state index contributed by atoms with van der Waals surface area (Å²) in [6.45, 7) is 4.57. The van der Waals surface area contributed by atoms with Gasteiger partial charge in [0.2, 0.25) is 5.82 Å². The smallest absolute Gasteiger partial charge is 0.297 e. The third kappa shape index (κ3) is 4.72. The summed E-state index contributed by atoms with van der Waals surface area (Å²) < 4.78 is 6.82. The van der Waals surface area contributed by atoms with E-state index in [0.717, 1.165) is 23.4 Å². The van der Waals surface area contributed by atoms with Crippen molar-refractivity contribution in [3.8, 4) is 5.75 Å². The van der Waals surface area contributed by atoms with E-state index in [-0.39, 0.29) is 11.4 Å². The molecule has 7 heteroatoms. The highest BCUT2D eigenvalue weighted by Crippen LogP contribution is 2.22. The van der Waals surface area contributed by atoms with Crippen molar-refractivity contribution in [1.29, 1.82) is 0 Å². The third-order valence-corrected chi connectivity index (χ3v) is 5.42. The lowest BCUT2D eigenvalue weighted by molar-refractivity contribution is 0.414. The minimum Gasteiger partial charge on any atom is -0.497 e. The van der Waals surface area contributed by atoms with Crippen molar-refractivity contribution in [3.05, 3.63) is 70.0 Å². The minimum atomic E-state index is -0.172. The first kappa shape index (κ1) is 19.9. The standard InChI is InChI=1S/C21H24N4O2S/c1-4-15-6-10-17(11-7-15)22-19-20(26)25(5-2)21(24-23-19)28-14-16-8-12-18(27-3)13-9-16/h6-13H,4-5,14H2,1-3H3,(H,22,23). The van der Waals surface area contributed by atoms with E-state index in [4.69, 9.17) is 4.74 Å². The van der Waals surface area contributed by atoms with Crippen molar-refractivity contribution in [2.75, 3.05) is 12.4 Å². The van der Waals surface area contributed by atoms with Gasteiger partial charge in [-0.1, -0.05) is 43.0 Å². The van der Waals surface area contributed by atoms with E-state index >= 15 is 0 Å². The molecule has 0 saturated heterocycles. The Morgan fingerprint density at radius 3 is 2.29 bits per heavy atom. The fourth-order valence-electron chi connectivity index (χ4n) is 2.70. The summed E-state index contributed by atoms with van der Waals surface area (Å²) in [7, 11) is 1.65. The molecule has 0 aliphatic rings. The fourth-order valence-corrected chi connectivity index (χ4v) is 3.65. The van der Waals surface area contributed by atoms with E-state index in [1.54, 1.807) is 11.7 Å². The number of thioether (sulfide) groups is 1. The lowest BCUT2D eigenvalue weighted by Gasteiger charge is -2.11. The topological polar surface area (TPSA) is 69.0 Å². The lowest BCUT2D eigenvalue weighted by atomic mass is 10.1. The monoisotopic (exact) mass is 396 g/mol. The molecule has 3 rings (SSSR count). The molecule has 0 atom stereocenters. The predicted octanol–water partition coefficient (Wildman–Crippen LogP) is 4.27. The summed E-state index contributed by atoms with van der Waals surface area (Å²) in [6, 6.07) is 15.8. The van der Waals surface area contributed by atoms with Crippen LogP contribution in [0.4, 0.5) is 11.5 Å². The molecule has 0 aliphatic heterocycles. The second-order valence-electron chi connectivity index (χ2n) is 6.19. The molecule has 3 aromatic rings. The van der Waals surface area contributed by atoms with Crippen LogP contribution >= 0.6 is 11.8 Å². The molecule has 1 N–H and O–H groups in total. The van der Waals surface area contributed by atoms with E-state index in [2.05, 4.69) is 22.4 Å². The number of hydrogen-bond acceptors (Lipinski definition) is 6. The highest BCUT2D eigenvalue weighted by molar-refractivity contribution is 7.98. The number of nitrogens with one attached hydrogen (secondary N) is 1. The van der Waals surface area contributed by atoms with E-state index in [9.17, 15) is 4.79 Å². The molecule has 6 nitrogen and oxygen atoms in total. The average molecular weight is 397 g/mol. The van der Waals surface area contributed by atoms with Gasteiger partial charge in [-0.15, -0.1) is 10.2 Å². The molecule has 0 unspecified atom stereocenters. The van der Waals surface area contributed by atoms with Gasteiger partial charge in [0.25, 0.3) is 5.56 Å². The van der Waals surface area contributed by atoms with Crippen molar-refractivity contribution >= 4 is 23.3 Å². The number of aromatic nitrogens is 3. The van der Waals surface area contributed by atoms with Crippen LogP contribution in [0.15, 0.2) is 58.5 Å². The molecule has 0 amide bonds. The summed E-state index contributed by atoms with van der Waals surface area (Å²) >= 11 is 1.49. The molecule has 0 radical (unpaired) electrons. The van der Waals surface area contributed by atoms with E-state index < -0.39 is 0 Å². The van der Waals surface area contributed by atoms with Gasteiger partial charge in [0, 0.05) is 18.0 Å². The van der Waals surface area contributed by atoms with Crippen LogP contribution in [0.5, 0.6) is 5.75 Å². The number of rotatable bonds is 8. The van der Waals surface area contributed by atoms with Gasteiger partial charge in [-0.2, -0.15) is 0 Å². The SMILES string of the molecule is CCc1ccc(Nc2nnc(SCc3ccc(OC)cc3)n(CC)c2=O)cc1. The Balaban J connectivity index is 1.75. The van der Waals surface area contributed by atoms with Gasteiger partial charge in [0.05, 0.1) is 7.11 Å². The van der Waals surface area contributed by atoms with Crippen molar-refractivity contribution in [2.24, 2.45) is 0 Å². The molecular formula is C21H24N4O2S. The molecule has 0 aliphatic carbocycles. The minimum absolute atomic E-state index is 0.172. The Morgan fingerprint density at radius 1 is 1.00 bits per heavy atom. The normalized spacial score (nSPS) is 10.7. The van der Waals surface area contributed by atoms with Gasteiger partial charge < -0.3 is 10.1 Å². The van der Waals surface area contributed by atoms with Gasteiger partial charge in [0.1, 0.15) is 5.75 Å². The molecule has 0 spiro atoms. The van der Waals surface area contributed by atoms with E-state index in [1.807, 2.05) is 55.5 Å². The van der Waals surface area contributed by atoms with Crippen molar-refractivity contribution in [2.45, 2.75) is 37.7 Å². The number of benzene rings is 2. The molecule has 28 heavy (non-hydrogen) atoms. The van der Waals surface area contributed by atoms with Crippen LogP contribution in [-0.2, 0) is 18.7 Å². The number of methoxy groups -OCH3 is 1. The lowest BCUT2D eigenvalue weighted by Crippen LogP contribution is -2.26. The number of nitrogens with zero attached hydrogens (tertiary/aromatic N) is 3. The van der Waals surface area contributed by atoms with Crippen LogP contribution in [0, 0.1) is 0 Å². The Kier molecular flexibility index (Phi) is 6.71. The van der Waals surface area contributed by atoms with E-state index in [0.29, 0.717) is 17.5 Å². The summed E-state index contributed by atoms with van der Waals surface area (Å²) in [5.41, 5.74) is 3.02. The maximum atomic E-state index is 12.8. The maximum absolute atomic E-state index is 12.8. The Morgan fingerprint density at radius 2 is 1.68 bits per heavy atom. The van der Waals surface area contributed by atoms with Crippen LogP contribution in [0.2, 0.25) is 0 Å². The largest absolute Gasteiger partial charge is 0.497 e. The Labute approximate surface area is 169 Å². The number of ether oxygens (including phenoxy) is 1. The Hall–Kier alpha value is -2.80. The van der Waals surface area contributed by atoms with Crippen LogP contribution in [-0.4, -0.2) is 21.9 Å². The average Bonchev–Trinajstić information content (AvgIpc) is 2.75. The fraction of sp³-hybridized carbons (Fsp3) is 0.286. The molecule has 146 valence electrons. The van der Waals surface area contributed by atoms with Gasteiger partial charge in [-0.05, 0) is 48.7 Å². The van der Waals surface area contributed by atoms with E-state index in [1.165, 1.54) is 17.3 Å². The summed E-state index contributed by atoms with van der Waals surface area (Å²) in [6.07, 6.45) is 0.975. The molecule has 2 aromatic carbocycles. The van der Waals surface area contributed by atoms with Crippen LogP contribution < -0.4 is 15.6 Å². The molecule has 0 bridgehead atoms. The van der Waals surface area contributed by atoms with Crippen LogP contribution in [0.1, 0.15) is 25.0 Å². The maximum Gasteiger partial charge on any atom is 0.297 e.